The van der Waals surface area contributed by atoms with Crippen LogP contribution in [0.3, 0.4) is 0 Å². The van der Waals surface area contributed by atoms with Crippen LogP contribution in [0.5, 0.6) is 0 Å². The van der Waals surface area contributed by atoms with E-state index in [0.29, 0.717) is 0 Å². The first kappa shape index (κ1) is 4.56. The molecule has 2 aromatic rings. The van der Waals surface area contributed by atoms with Crippen molar-refractivity contribution in [3.63, 3.8) is 0 Å². The van der Waals surface area contributed by atoms with Crippen molar-refractivity contribution in [1.82, 2.24) is 4.98 Å². The highest BCUT2D eigenvalue weighted by atomic mass is 16.3. The zero-order valence-electron chi connectivity index (χ0n) is 4.66. The summed E-state index contributed by atoms with van der Waals surface area (Å²) in [5.74, 6) is 0. The van der Waals surface area contributed by atoms with Crippen LogP contribution < -0.4 is 0 Å². The Bertz CT molecular complexity index is 283. The number of furan rings is 1. The van der Waals surface area contributed by atoms with Gasteiger partial charge in [0, 0.05) is 12.3 Å². The Hall–Kier alpha value is -1.31. The second-order valence-corrected chi connectivity index (χ2v) is 1.75. The predicted octanol–water partition coefficient (Wildman–Crippen LogP) is 1.63. The lowest BCUT2D eigenvalue weighted by Crippen LogP contribution is -1.66. The predicted molar refractivity (Wildman–Crippen MR) is 32.8 cm³/mol. The Balaban J connectivity index is 2.95. The van der Waals surface area contributed by atoms with E-state index in [9.17, 15) is 0 Å². The van der Waals surface area contributed by atoms with Crippen LogP contribution in [0.2, 0.25) is 0 Å². The summed E-state index contributed by atoms with van der Waals surface area (Å²) in [5.41, 5.74) is 1.65. The topological polar surface area (TPSA) is 26.0 Å². The third kappa shape index (κ3) is 0.598. The Kier molecular flexibility index (Phi) is 0.803. The molecule has 0 spiro atoms. The van der Waals surface area contributed by atoms with Gasteiger partial charge >= 0.3 is 0 Å². The second kappa shape index (κ2) is 1.58. The van der Waals surface area contributed by atoms with Crippen molar-refractivity contribution in [1.29, 1.82) is 0 Å². The highest BCUT2D eigenvalue weighted by Gasteiger charge is 1.92. The zero-order valence-corrected chi connectivity index (χ0v) is 4.66. The van der Waals surface area contributed by atoms with E-state index < -0.39 is 0 Å². The van der Waals surface area contributed by atoms with Gasteiger partial charge in [0.15, 0.2) is 11.8 Å². The molecular formula is C7H4NO. The maximum Gasteiger partial charge on any atom is 0.172 e. The molecule has 2 heterocycles. The van der Waals surface area contributed by atoms with Gasteiger partial charge in [-0.25, -0.2) is 0 Å². The Labute approximate surface area is 52.1 Å². The standard InChI is InChI=1S/C7H4NO/c1-2-7-6(8-4-1)3-5-9-7/h1-4H. The third-order valence-electron chi connectivity index (χ3n) is 1.16. The molecule has 0 aliphatic rings. The SMILES string of the molecule is [c]1cc2ncccc2o1. The lowest BCUT2D eigenvalue weighted by atomic mass is 10.4. The highest BCUT2D eigenvalue weighted by Crippen LogP contribution is 2.08. The minimum absolute atomic E-state index is 0.789. The first-order chi connectivity index (χ1) is 4.47. The Morgan fingerprint density at radius 1 is 1.56 bits per heavy atom. The molecule has 0 fully saturated rings. The summed E-state index contributed by atoms with van der Waals surface area (Å²) in [6.07, 6.45) is 4.33. The number of rotatable bonds is 0. The van der Waals surface area contributed by atoms with Gasteiger partial charge in [-0.2, -0.15) is 0 Å². The van der Waals surface area contributed by atoms with E-state index in [1.807, 2.05) is 12.1 Å². The maximum absolute atomic E-state index is 4.93. The molecule has 2 heteroatoms. The van der Waals surface area contributed by atoms with Gasteiger partial charge in [-0.15, -0.1) is 0 Å². The summed E-state index contributed by atoms with van der Waals surface area (Å²) in [7, 11) is 0. The quantitative estimate of drug-likeness (QED) is 0.525. The zero-order chi connectivity index (χ0) is 6.10. The molecule has 0 bridgehead atoms. The van der Waals surface area contributed by atoms with Crippen LogP contribution >= 0.6 is 0 Å². The van der Waals surface area contributed by atoms with Gasteiger partial charge in [0.05, 0.1) is 0 Å². The third-order valence-corrected chi connectivity index (χ3v) is 1.16. The van der Waals surface area contributed by atoms with Crippen LogP contribution in [0.1, 0.15) is 0 Å². The largest absolute Gasteiger partial charge is 0.451 e. The van der Waals surface area contributed by atoms with E-state index in [4.69, 9.17) is 4.42 Å². The maximum atomic E-state index is 4.93. The van der Waals surface area contributed by atoms with Crippen molar-refractivity contribution in [2.24, 2.45) is 0 Å². The molecule has 2 aromatic heterocycles. The number of hydrogen-bond donors (Lipinski definition) is 0. The molecule has 0 aromatic carbocycles. The van der Waals surface area contributed by atoms with E-state index in [-0.39, 0.29) is 0 Å². The fraction of sp³-hybridized carbons (Fsp3) is 0. The number of aromatic nitrogens is 1. The Morgan fingerprint density at radius 2 is 2.56 bits per heavy atom. The molecule has 43 valence electrons. The number of fused-ring (bicyclic) bond motifs is 1. The molecule has 2 nitrogen and oxygen atoms in total. The fourth-order valence-electron chi connectivity index (χ4n) is 0.746. The van der Waals surface area contributed by atoms with Crippen molar-refractivity contribution in [2.75, 3.05) is 0 Å². The van der Waals surface area contributed by atoms with Gasteiger partial charge < -0.3 is 4.42 Å². The van der Waals surface area contributed by atoms with Crippen LogP contribution in [0.4, 0.5) is 0 Å². The molecule has 0 saturated carbocycles. The van der Waals surface area contributed by atoms with Crippen LogP contribution in [0.25, 0.3) is 11.1 Å². The Morgan fingerprint density at radius 3 is 3.44 bits per heavy atom. The number of hydrogen-bond acceptors (Lipinski definition) is 2. The molecule has 1 radical (unpaired) electrons. The van der Waals surface area contributed by atoms with Gasteiger partial charge in [-0.1, -0.05) is 0 Å². The molecule has 0 aliphatic heterocycles. The van der Waals surface area contributed by atoms with Crippen LogP contribution in [0.15, 0.2) is 28.8 Å². The van der Waals surface area contributed by atoms with Crippen molar-refractivity contribution in [2.45, 2.75) is 0 Å². The molecule has 0 atom stereocenters. The molecule has 0 saturated heterocycles. The highest BCUT2D eigenvalue weighted by molar-refractivity contribution is 5.71. The van der Waals surface area contributed by atoms with Crippen molar-refractivity contribution < 1.29 is 4.42 Å². The molecule has 0 amide bonds. The normalized spacial score (nSPS) is 10.2. The van der Waals surface area contributed by atoms with Gasteiger partial charge in [0.1, 0.15) is 5.52 Å². The summed E-state index contributed by atoms with van der Waals surface area (Å²) in [4.78, 5) is 4.02. The first-order valence-corrected chi connectivity index (χ1v) is 2.67. The molecular weight excluding hydrogens is 114 g/mol. The van der Waals surface area contributed by atoms with Crippen LogP contribution in [-0.2, 0) is 0 Å². The van der Waals surface area contributed by atoms with E-state index in [0.717, 1.165) is 11.1 Å². The van der Waals surface area contributed by atoms with E-state index >= 15 is 0 Å². The van der Waals surface area contributed by atoms with Crippen LogP contribution in [0, 0.1) is 6.26 Å². The monoisotopic (exact) mass is 118 g/mol. The van der Waals surface area contributed by atoms with Gasteiger partial charge in [-0.3, -0.25) is 4.98 Å². The lowest BCUT2D eigenvalue weighted by molar-refractivity contribution is 0.605. The summed E-state index contributed by atoms with van der Waals surface area (Å²) >= 11 is 0. The lowest BCUT2D eigenvalue weighted by Gasteiger charge is -1.80. The van der Waals surface area contributed by atoms with Crippen molar-refractivity contribution in [3.8, 4) is 0 Å². The number of pyridine rings is 1. The molecule has 2 rings (SSSR count). The first-order valence-electron chi connectivity index (χ1n) is 2.67. The average Bonchev–Trinajstić information content (AvgIpc) is 2.33. The second-order valence-electron chi connectivity index (χ2n) is 1.75. The fourth-order valence-corrected chi connectivity index (χ4v) is 0.746. The minimum atomic E-state index is 0.789. The summed E-state index contributed by atoms with van der Waals surface area (Å²) < 4.78 is 4.93. The molecule has 9 heavy (non-hydrogen) atoms. The van der Waals surface area contributed by atoms with E-state index in [2.05, 4.69) is 11.2 Å². The molecule has 0 aliphatic carbocycles. The smallest absolute Gasteiger partial charge is 0.172 e. The molecule has 0 unspecified atom stereocenters. The van der Waals surface area contributed by atoms with Gasteiger partial charge in [0.2, 0.25) is 0 Å². The average molecular weight is 118 g/mol. The van der Waals surface area contributed by atoms with E-state index in [1.54, 1.807) is 12.3 Å². The van der Waals surface area contributed by atoms with E-state index in [1.165, 1.54) is 0 Å². The summed E-state index contributed by atoms with van der Waals surface area (Å²) in [6.45, 7) is 0. The van der Waals surface area contributed by atoms with Gasteiger partial charge in [0.25, 0.3) is 0 Å². The summed E-state index contributed by atoms with van der Waals surface area (Å²) in [5, 5.41) is 0. The number of nitrogens with zero attached hydrogens (tertiary/aromatic N) is 1. The van der Waals surface area contributed by atoms with Crippen molar-refractivity contribution in [3.05, 3.63) is 30.7 Å². The van der Waals surface area contributed by atoms with Gasteiger partial charge in [-0.05, 0) is 12.1 Å². The summed E-state index contributed by atoms with van der Waals surface area (Å²) in [6, 6.07) is 5.41. The molecule has 0 N–H and O–H groups in total. The van der Waals surface area contributed by atoms with Crippen LogP contribution in [-0.4, -0.2) is 4.98 Å². The van der Waals surface area contributed by atoms with Crippen molar-refractivity contribution >= 4 is 11.1 Å². The minimum Gasteiger partial charge on any atom is -0.451 e.